The minimum atomic E-state index is -0.294. The molecule has 0 aliphatic carbocycles. The first-order valence-electron chi connectivity index (χ1n) is 9.19. The topological polar surface area (TPSA) is 58.6 Å². The number of esters is 1. The predicted molar refractivity (Wildman–Crippen MR) is 105 cm³/mol. The summed E-state index contributed by atoms with van der Waals surface area (Å²) in [6.07, 6.45) is 2.53. The quantitative estimate of drug-likeness (QED) is 0.768. The normalized spacial score (nSPS) is 12.8. The number of carbonyl (C=O) groups excluding carboxylic acids is 2. The average Bonchev–Trinajstić information content (AvgIpc) is 2.68. The number of benzene rings is 2. The maximum atomic E-state index is 12.8. The van der Waals surface area contributed by atoms with Crippen molar-refractivity contribution in [1.29, 1.82) is 0 Å². The molecule has 5 nitrogen and oxygen atoms in total. The van der Waals surface area contributed by atoms with Gasteiger partial charge in [-0.05, 0) is 30.0 Å². The van der Waals surface area contributed by atoms with Gasteiger partial charge in [-0.25, -0.2) is 0 Å². The van der Waals surface area contributed by atoms with E-state index in [9.17, 15) is 9.59 Å². The van der Waals surface area contributed by atoms with E-state index in [-0.39, 0.29) is 18.4 Å². The van der Waals surface area contributed by atoms with Gasteiger partial charge in [0.15, 0.2) is 0 Å². The number of amides is 1. The third-order valence-electron chi connectivity index (χ3n) is 4.42. The minimum Gasteiger partial charge on any atom is -0.465 e. The van der Waals surface area contributed by atoms with E-state index in [0.717, 1.165) is 17.5 Å². The molecule has 1 N–H and O–H groups in total. The van der Waals surface area contributed by atoms with Crippen LogP contribution in [0.15, 0.2) is 60.8 Å². The number of hydrogen-bond acceptors (Lipinski definition) is 4. The van der Waals surface area contributed by atoms with Gasteiger partial charge in [-0.2, -0.15) is 0 Å². The summed E-state index contributed by atoms with van der Waals surface area (Å²) in [5.41, 5.74) is 3.70. The second-order valence-electron chi connectivity index (χ2n) is 6.40. The molecule has 2 aromatic carbocycles. The Bertz CT molecular complexity index is 830. The van der Waals surface area contributed by atoms with Crippen LogP contribution in [-0.2, 0) is 27.3 Å². The molecule has 140 valence electrons. The highest BCUT2D eigenvalue weighted by molar-refractivity contribution is 6.20. The maximum absolute atomic E-state index is 12.8. The van der Waals surface area contributed by atoms with E-state index < -0.39 is 0 Å². The molecule has 0 saturated carbocycles. The Morgan fingerprint density at radius 3 is 2.59 bits per heavy atom. The molecule has 5 heteroatoms. The smallest absolute Gasteiger partial charge is 0.325 e. The summed E-state index contributed by atoms with van der Waals surface area (Å²) in [4.78, 5) is 26.4. The molecular weight excluding hydrogens is 340 g/mol. The summed E-state index contributed by atoms with van der Waals surface area (Å²) in [7, 11) is 0. The van der Waals surface area contributed by atoms with Crippen molar-refractivity contribution in [3.8, 4) is 0 Å². The molecule has 3 rings (SSSR count). The summed E-state index contributed by atoms with van der Waals surface area (Å²) in [6, 6.07) is 17.8. The van der Waals surface area contributed by atoms with Gasteiger partial charge < -0.3 is 15.0 Å². The molecule has 2 aromatic rings. The lowest BCUT2D eigenvalue weighted by Gasteiger charge is -2.27. The van der Waals surface area contributed by atoms with Gasteiger partial charge in [0.2, 0.25) is 0 Å². The monoisotopic (exact) mass is 364 g/mol. The largest absolute Gasteiger partial charge is 0.465 e. The molecule has 0 saturated heterocycles. The third-order valence-corrected chi connectivity index (χ3v) is 4.42. The van der Waals surface area contributed by atoms with Gasteiger partial charge in [0.1, 0.15) is 6.54 Å². The van der Waals surface area contributed by atoms with Crippen LogP contribution in [0.3, 0.4) is 0 Å². The number of fused-ring (bicyclic) bond motifs is 1. The molecule has 0 spiro atoms. The molecule has 1 heterocycles. The predicted octanol–water partition coefficient (Wildman–Crippen LogP) is 2.77. The number of rotatable bonds is 7. The molecular formula is C22H24N2O3. The summed E-state index contributed by atoms with van der Waals surface area (Å²) in [6.45, 7) is 3.39. The number of ether oxygens (including phenoxy) is 1. The molecule has 0 aromatic heterocycles. The van der Waals surface area contributed by atoms with E-state index in [4.69, 9.17) is 4.74 Å². The van der Waals surface area contributed by atoms with Crippen molar-refractivity contribution in [2.45, 2.75) is 19.9 Å². The zero-order chi connectivity index (χ0) is 19.1. The van der Waals surface area contributed by atoms with Crippen LogP contribution in [0.4, 0.5) is 0 Å². The van der Waals surface area contributed by atoms with Gasteiger partial charge in [-0.15, -0.1) is 0 Å². The zero-order valence-corrected chi connectivity index (χ0v) is 15.5. The highest BCUT2D eigenvalue weighted by Crippen LogP contribution is 2.26. The highest BCUT2D eigenvalue weighted by atomic mass is 16.5. The van der Waals surface area contributed by atoms with Crippen LogP contribution in [0, 0.1) is 0 Å². The van der Waals surface area contributed by atoms with Gasteiger partial charge in [0.05, 0.1) is 12.2 Å². The van der Waals surface area contributed by atoms with Crippen LogP contribution in [0.2, 0.25) is 0 Å². The SMILES string of the molecule is CCOC(=O)CN1C=C(C(=O)NCCc2ccccc2)c2ccccc2C1. The van der Waals surface area contributed by atoms with E-state index in [1.807, 2.05) is 59.5 Å². The Hall–Kier alpha value is -3.08. The zero-order valence-electron chi connectivity index (χ0n) is 15.5. The van der Waals surface area contributed by atoms with Gasteiger partial charge >= 0.3 is 5.97 Å². The highest BCUT2D eigenvalue weighted by Gasteiger charge is 2.23. The first-order valence-corrected chi connectivity index (χ1v) is 9.19. The minimum absolute atomic E-state index is 0.128. The molecule has 0 radical (unpaired) electrons. The molecule has 0 unspecified atom stereocenters. The van der Waals surface area contributed by atoms with E-state index in [1.165, 1.54) is 5.56 Å². The van der Waals surface area contributed by atoms with E-state index >= 15 is 0 Å². The number of nitrogens with zero attached hydrogens (tertiary/aromatic N) is 1. The fourth-order valence-corrected chi connectivity index (χ4v) is 3.15. The lowest BCUT2D eigenvalue weighted by atomic mass is 9.96. The fourth-order valence-electron chi connectivity index (χ4n) is 3.15. The molecule has 1 aliphatic heterocycles. The first kappa shape index (κ1) is 18.7. The Morgan fingerprint density at radius 1 is 1.07 bits per heavy atom. The summed E-state index contributed by atoms with van der Waals surface area (Å²) in [5.74, 6) is -0.427. The Kier molecular flexibility index (Phi) is 6.26. The van der Waals surface area contributed by atoms with Crippen LogP contribution in [0.5, 0.6) is 0 Å². The van der Waals surface area contributed by atoms with Crippen molar-refractivity contribution in [2.75, 3.05) is 19.7 Å². The van der Waals surface area contributed by atoms with Gasteiger partial charge in [-0.1, -0.05) is 54.6 Å². The fraction of sp³-hybridized carbons (Fsp3) is 0.273. The van der Waals surface area contributed by atoms with Crippen molar-refractivity contribution in [2.24, 2.45) is 0 Å². The Morgan fingerprint density at radius 2 is 1.81 bits per heavy atom. The average molecular weight is 364 g/mol. The lowest BCUT2D eigenvalue weighted by Crippen LogP contribution is -2.33. The summed E-state index contributed by atoms with van der Waals surface area (Å²) < 4.78 is 5.03. The second kappa shape index (κ2) is 9.03. The first-order chi connectivity index (χ1) is 13.2. The Balaban J connectivity index is 1.70. The van der Waals surface area contributed by atoms with Crippen LogP contribution < -0.4 is 5.32 Å². The van der Waals surface area contributed by atoms with Crippen molar-refractivity contribution >= 4 is 17.4 Å². The Labute approximate surface area is 159 Å². The van der Waals surface area contributed by atoms with Gasteiger partial charge in [-0.3, -0.25) is 9.59 Å². The summed E-state index contributed by atoms with van der Waals surface area (Å²) >= 11 is 0. The lowest BCUT2D eigenvalue weighted by molar-refractivity contribution is -0.143. The van der Waals surface area contributed by atoms with Crippen molar-refractivity contribution in [3.05, 3.63) is 77.5 Å². The van der Waals surface area contributed by atoms with Gasteiger partial charge in [0.25, 0.3) is 5.91 Å². The molecule has 1 amide bonds. The van der Waals surface area contributed by atoms with Crippen LogP contribution in [0.1, 0.15) is 23.6 Å². The van der Waals surface area contributed by atoms with Crippen LogP contribution >= 0.6 is 0 Å². The summed E-state index contributed by atoms with van der Waals surface area (Å²) in [5, 5.41) is 2.99. The number of carbonyl (C=O) groups is 2. The number of nitrogens with one attached hydrogen (secondary N) is 1. The molecule has 0 bridgehead atoms. The molecule has 0 atom stereocenters. The third kappa shape index (κ3) is 4.97. The van der Waals surface area contributed by atoms with Crippen molar-refractivity contribution in [1.82, 2.24) is 10.2 Å². The van der Waals surface area contributed by atoms with Crippen molar-refractivity contribution < 1.29 is 14.3 Å². The van der Waals surface area contributed by atoms with Crippen LogP contribution in [0.25, 0.3) is 5.57 Å². The molecule has 0 fully saturated rings. The van der Waals surface area contributed by atoms with E-state index in [1.54, 1.807) is 13.1 Å². The maximum Gasteiger partial charge on any atom is 0.325 e. The molecule has 27 heavy (non-hydrogen) atoms. The van der Waals surface area contributed by atoms with Crippen molar-refractivity contribution in [3.63, 3.8) is 0 Å². The molecule has 1 aliphatic rings. The number of hydrogen-bond donors (Lipinski definition) is 1. The second-order valence-corrected chi connectivity index (χ2v) is 6.40. The van der Waals surface area contributed by atoms with E-state index in [0.29, 0.717) is 25.3 Å². The van der Waals surface area contributed by atoms with Crippen LogP contribution in [-0.4, -0.2) is 36.5 Å². The van der Waals surface area contributed by atoms with E-state index in [2.05, 4.69) is 5.32 Å². The standard InChI is InChI=1S/C22H24N2O3/c1-2-27-21(25)16-24-14-18-10-6-7-11-19(18)20(15-24)22(26)23-13-12-17-8-4-3-5-9-17/h3-11,15H,2,12-14,16H2,1H3,(H,23,26). The van der Waals surface area contributed by atoms with Gasteiger partial charge in [0, 0.05) is 19.3 Å².